The van der Waals surface area contributed by atoms with E-state index in [1.807, 2.05) is 23.1 Å². The van der Waals surface area contributed by atoms with Gasteiger partial charge in [0.15, 0.2) is 0 Å². The molecule has 5 nitrogen and oxygen atoms in total. The average molecular weight is 286 g/mol. The maximum Gasteiger partial charge on any atom is 0.256 e. The summed E-state index contributed by atoms with van der Waals surface area (Å²) in [5, 5.41) is 0.902. The Hall–Kier alpha value is -2.01. The van der Waals surface area contributed by atoms with E-state index in [1.165, 1.54) is 0 Å². The molecule has 3 rings (SSSR count). The Bertz CT molecular complexity index is 666. The number of hydrogen-bond donors (Lipinski definition) is 2. The SMILES string of the molecule is CC1CN(C(=O)c2c[nH]c3ccc(N)cc23)CC(C)N1C. The fourth-order valence-electron chi connectivity index (χ4n) is 3.06. The Morgan fingerprint density at radius 3 is 2.62 bits per heavy atom. The fraction of sp³-hybridized carbons (Fsp3) is 0.438. The number of aromatic amines is 1. The van der Waals surface area contributed by atoms with Gasteiger partial charge in [0.25, 0.3) is 5.91 Å². The number of carbonyl (C=O) groups excluding carboxylic acids is 1. The Balaban J connectivity index is 1.92. The molecule has 1 amide bonds. The van der Waals surface area contributed by atoms with Crippen LogP contribution in [0.1, 0.15) is 24.2 Å². The lowest BCUT2D eigenvalue weighted by atomic mass is 10.1. The van der Waals surface area contributed by atoms with Crippen LogP contribution in [0.15, 0.2) is 24.4 Å². The predicted molar refractivity (Wildman–Crippen MR) is 85.3 cm³/mol. The van der Waals surface area contributed by atoms with Gasteiger partial charge in [0, 0.05) is 48.0 Å². The number of likely N-dealkylation sites (N-methyl/N-ethyl adjacent to an activating group) is 1. The lowest BCUT2D eigenvalue weighted by Crippen LogP contribution is -2.56. The van der Waals surface area contributed by atoms with E-state index in [0.717, 1.165) is 24.0 Å². The Morgan fingerprint density at radius 1 is 1.29 bits per heavy atom. The molecule has 1 aliphatic rings. The second-order valence-electron chi connectivity index (χ2n) is 6.08. The number of benzene rings is 1. The maximum atomic E-state index is 12.8. The van der Waals surface area contributed by atoms with Crippen molar-refractivity contribution >= 4 is 22.5 Å². The highest BCUT2D eigenvalue weighted by Crippen LogP contribution is 2.24. The molecule has 2 heterocycles. The molecule has 1 fully saturated rings. The molecular weight excluding hydrogens is 264 g/mol. The van der Waals surface area contributed by atoms with Crippen molar-refractivity contribution in [1.29, 1.82) is 0 Å². The smallest absolute Gasteiger partial charge is 0.256 e. The van der Waals surface area contributed by atoms with Crippen LogP contribution in [-0.2, 0) is 0 Å². The van der Waals surface area contributed by atoms with Crippen molar-refractivity contribution in [3.05, 3.63) is 30.0 Å². The van der Waals surface area contributed by atoms with Gasteiger partial charge in [-0.3, -0.25) is 9.69 Å². The highest BCUT2D eigenvalue weighted by atomic mass is 16.2. The molecule has 1 aliphatic heterocycles. The van der Waals surface area contributed by atoms with E-state index >= 15 is 0 Å². The van der Waals surface area contributed by atoms with Gasteiger partial charge in [0.1, 0.15) is 0 Å². The summed E-state index contributed by atoms with van der Waals surface area (Å²) < 4.78 is 0. The van der Waals surface area contributed by atoms with Gasteiger partial charge in [-0.05, 0) is 39.1 Å². The summed E-state index contributed by atoms with van der Waals surface area (Å²) in [6, 6.07) is 6.35. The number of nitrogens with two attached hydrogens (primary N) is 1. The minimum atomic E-state index is 0.0821. The molecule has 21 heavy (non-hydrogen) atoms. The molecule has 112 valence electrons. The Labute approximate surface area is 124 Å². The third kappa shape index (κ3) is 2.38. The second-order valence-corrected chi connectivity index (χ2v) is 6.08. The number of nitrogens with zero attached hydrogens (tertiary/aromatic N) is 2. The van der Waals surface area contributed by atoms with Crippen LogP contribution in [0.5, 0.6) is 0 Å². The van der Waals surface area contributed by atoms with E-state index in [1.54, 1.807) is 6.20 Å². The lowest BCUT2D eigenvalue weighted by molar-refractivity contribution is 0.0416. The summed E-state index contributed by atoms with van der Waals surface area (Å²) >= 11 is 0. The minimum Gasteiger partial charge on any atom is -0.399 e. The molecule has 1 saturated heterocycles. The van der Waals surface area contributed by atoms with Gasteiger partial charge in [-0.1, -0.05) is 0 Å². The number of nitrogen functional groups attached to an aromatic ring is 1. The van der Waals surface area contributed by atoms with E-state index in [0.29, 0.717) is 23.3 Å². The van der Waals surface area contributed by atoms with Crippen LogP contribution in [0.25, 0.3) is 10.9 Å². The van der Waals surface area contributed by atoms with Crippen molar-refractivity contribution in [2.45, 2.75) is 25.9 Å². The summed E-state index contributed by atoms with van der Waals surface area (Å²) in [5.74, 6) is 0.0821. The van der Waals surface area contributed by atoms with Crippen LogP contribution >= 0.6 is 0 Å². The van der Waals surface area contributed by atoms with Crippen LogP contribution in [0.3, 0.4) is 0 Å². The monoisotopic (exact) mass is 286 g/mol. The fourth-order valence-corrected chi connectivity index (χ4v) is 3.06. The quantitative estimate of drug-likeness (QED) is 0.787. The second kappa shape index (κ2) is 5.07. The normalized spacial score (nSPS) is 23.7. The summed E-state index contributed by atoms with van der Waals surface area (Å²) in [5.41, 5.74) is 8.18. The van der Waals surface area contributed by atoms with Crippen molar-refractivity contribution in [3.63, 3.8) is 0 Å². The number of H-pyrrole nitrogens is 1. The maximum absolute atomic E-state index is 12.8. The Morgan fingerprint density at radius 2 is 1.95 bits per heavy atom. The third-order valence-electron chi connectivity index (χ3n) is 4.58. The molecule has 0 spiro atoms. The third-order valence-corrected chi connectivity index (χ3v) is 4.58. The predicted octanol–water partition coefficient (Wildman–Crippen LogP) is 1.91. The first kappa shape index (κ1) is 13.9. The van der Waals surface area contributed by atoms with Crippen LogP contribution in [0.2, 0.25) is 0 Å². The van der Waals surface area contributed by atoms with Crippen molar-refractivity contribution < 1.29 is 4.79 Å². The van der Waals surface area contributed by atoms with Gasteiger partial charge in [-0.25, -0.2) is 0 Å². The van der Waals surface area contributed by atoms with Crippen molar-refractivity contribution in [2.75, 3.05) is 25.9 Å². The molecular formula is C16H22N4O. The number of fused-ring (bicyclic) bond motifs is 1. The highest BCUT2D eigenvalue weighted by molar-refractivity contribution is 6.07. The first-order chi connectivity index (χ1) is 9.97. The van der Waals surface area contributed by atoms with Crippen molar-refractivity contribution in [1.82, 2.24) is 14.8 Å². The largest absolute Gasteiger partial charge is 0.399 e. The van der Waals surface area contributed by atoms with E-state index in [9.17, 15) is 4.79 Å². The van der Waals surface area contributed by atoms with E-state index in [4.69, 9.17) is 5.73 Å². The van der Waals surface area contributed by atoms with E-state index < -0.39 is 0 Å². The van der Waals surface area contributed by atoms with Gasteiger partial charge in [0.2, 0.25) is 0 Å². The molecule has 0 aliphatic carbocycles. The number of piperazine rings is 1. The van der Waals surface area contributed by atoms with Gasteiger partial charge in [-0.15, -0.1) is 0 Å². The number of anilines is 1. The molecule has 3 N–H and O–H groups in total. The number of nitrogens with one attached hydrogen (secondary N) is 1. The van der Waals surface area contributed by atoms with Gasteiger partial charge < -0.3 is 15.6 Å². The summed E-state index contributed by atoms with van der Waals surface area (Å²) in [4.78, 5) is 20.2. The molecule has 5 heteroatoms. The standard InChI is InChI=1S/C16H22N4O/c1-10-8-20(9-11(2)19(10)3)16(21)14-7-18-15-5-4-12(17)6-13(14)15/h4-7,10-11,18H,8-9,17H2,1-3H3. The van der Waals surface area contributed by atoms with Gasteiger partial charge in [-0.2, -0.15) is 0 Å². The molecule has 2 atom stereocenters. The number of carbonyl (C=O) groups is 1. The first-order valence-electron chi connectivity index (χ1n) is 7.35. The number of rotatable bonds is 1. The lowest BCUT2D eigenvalue weighted by Gasteiger charge is -2.42. The zero-order valence-corrected chi connectivity index (χ0v) is 12.8. The molecule has 0 bridgehead atoms. The van der Waals surface area contributed by atoms with Crippen LogP contribution < -0.4 is 5.73 Å². The van der Waals surface area contributed by atoms with Crippen molar-refractivity contribution in [3.8, 4) is 0 Å². The zero-order chi connectivity index (χ0) is 15.1. The summed E-state index contributed by atoms with van der Waals surface area (Å²) in [6.45, 7) is 5.83. The molecule has 1 aromatic heterocycles. The van der Waals surface area contributed by atoms with Crippen LogP contribution in [0.4, 0.5) is 5.69 Å². The minimum absolute atomic E-state index is 0.0821. The molecule has 0 radical (unpaired) electrons. The van der Waals surface area contributed by atoms with Gasteiger partial charge >= 0.3 is 0 Å². The molecule has 1 aromatic carbocycles. The highest BCUT2D eigenvalue weighted by Gasteiger charge is 2.30. The van der Waals surface area contributed by atoms with Crippen LogP contribution in [0, 0.1) is 0 Å². The number of amides is 1. The number of aromatic nitrogens is 1. The molecule has 0 saturated carbocycles. The van der Waals surface area contributed by atoms with Gasteiger partial charge in [0.05, 0.1) is 5.56 Å². The van der Waals surface area contributed by atoms with E-state index in [-0.39, 0.29) is 5.91 Å². The summed E-state index contributed by atoms with van der Waals surface area (Å²) in [7, 11) is 2.11. The molecule has 2 aromatic rings. The zero-order valence-electron chi connectivity index (χ0n) is 12.8. The Kier molecular flexibility index (Phi) is 3.37. The van der Waals surface area contributed by atoms with E-state index in [2.05, 4.69) is 30.8 Å². The topological polar surface area (TPSA) is 65.4 Å². The summed E-state index contributed by atoms with van der Waals surface area (Å²) in [6.07, 6.45) is 1.79. The number of hydrogen-bond acceptors (Lipinski definition) is 3. The first-order valence-corrected chi connectivity index (χ1v) is 7.35. The average Bonchev–Trinajstić information content (AvgIpc) is 2.86. The van der Waals surface area contributed by atoms with Crippen LogP contribution in [-0.4, -0.2) is 52.9 Å². The van der Waals surface area contributed by atoms with Crippen molar-refractivity contribution in [2.24, 2.45) is 0 Å². The molecule has 2 unspecified atom stereocenters.